The van der Waals surface area contributed by atoms with Gasteiger partial charge in [-0.3, -0.25) is 4.40 Å². The lowest BCUT2D eigenvalue weighted by Crippen LogP contribution is -1.97. The van der Waals surface area contributed by atoms with Crippen LogP contribution in [-0.2, 0) is 6.54 Å². The van der Waals surface area contributed by atoms with Crippen LogP contribution in [-0.4, -0.2) is 21.7 Å². The first kappa shape index (κ1) is 11.7. The number of rotatable bonds is 3. The van der Waals surface area contributed by atoms with E-state index in [9.17, 15) is 0 Å². The second kappa shape index (κ2) is 4.70. The van der Waals surface area contributed by atoms with Crippen LogP contribution >= 0.6 is 0 Å². The van der Waals surface area contributed by atoms with Gasteiger partial charge in [-0.15, -0.1) is 10.2 Å². The lowest BCUT2D eigenvalue weighted by Gasteiger charge is -2.03. The van der Waals surface area contributed by atoms with E-state index in [-0.39, 0.29) is 0 Å². The largest absolute Gasteiger partial charge is 0.497 e. The highest BCUT2D eigenvalue weighted by Gasteiger charge is 2.08. The number of aromatic nitrogens is 3. The van der Waals surface area contributed by atoms with Crippen molar-refractivity contribution in [3.63, 3.8) is 0 Å². The van der Waals surface area contributed by atoms with Crippen molar-refractivity contribution in [2.45, 2.75) is 6.54 Å². The number of fused-ring (bicyclic) bond motifs is 1. The van der Waals surface area contributed by atoms with Crippen molar-refractivity contribution in [3.8, 4) is 17.1 Å². The van der Waals surface area contributed by atoms with Crippen LogP contribution in [0.2, 0.25) is 0 Å². The van der Waals surface area contributed by atoms with Gasteiger partial charge in [0.25, 0.3) is 0 Å². The number of methoxy groups -OCH3 is 1. The van der Waals surface area contributed by atoms with Gasteiger partial charge in [0.2, 0.25) is 0 Å². The molecule has 3 aromatic rings. The fourth-order valence-electron chi connectivity index (χ4n) is 2.00. The van der Waals surface area contributed by atoms with E-state index in [0.29, 0.717) is 6.54 Å². The zero-order valence-corrected chi connectivity index (χ0v) is 10.6. The molecule has 2 N–H and O–H groups in total. The van der Waals surface area contributed by atoms with Crippen molar-refractivity contribution < 1.29 is 4.74 Å². The maximum Gasteiger partial charge on any atom is 0.168 e. The number of nitrogens with zero attached hydrogens (tertiary/aromatic N) is 3. The molecule has 5 nitrogen and oxygen atoms in total. The van der Waals surface area contributed by atoms with Crippen LogP contribution in [0.4, 0.5) is 0 Å². The summed E-state index contributed by atoms with van der Waals surface area (Å²) in [4.78, 5) is 0. The summed E-state index contributed by atoms with van der Waals surface area (Å²) in [5.74, 6) is 1.63. The molecule has 0 radical (unpaired) electrons. The number of hydrogen-bond acceptors (Lipinski definition) is 4. The summed E-state index contributed by atoms with van der Waals surface area (Å²) in [6.45, 7) is 0.501. The van der Waals surface area contributed by atoms with Crippen molar-refractivity contribution in [1.29, 1.82) is 0 Å². The van der Waals surface area contributed by atoms with Crippen LogP contribution < -0.4 is 10.5 Å². The second-order valence-corrected chi connectivity index (χ2v) is 4.22. The topological polar surface area (TPSA) is 65.4 Å². The Balaban J connectivity index is 2.09. The molecule has 5 heteroatoms. The molecule has 96 valence electrons. The van der Waals surface area contributed by atoms with E-state index >= 15 is 0 Å². The van der Waals surface area contributed by atoms with E-state index in [1.54, 1.807) is 7.11 Å². The molecule has 19 heavy (non-hydrogen) atoms. The molecule has 0 saturated heterocycles. The highest BCUT2D eigenvalue weighted by Crippen LogP contribution is 2.21. The number of ether oxygens (including phenoxy) is 1. The summed E-state index contributed by atoms with van der Waals surface area (Å²) >= 11 is 0. The standard InChI is InChI=1S/C14H14N4O/c1-19-12-4-2-11(3-5-12)14-17-16-13-8-10(9-15)6-7-18(13)14/h2-8H,9,15H2,1H3. The van der Waals surface area contributed by atoms with Crippen LogP contribution in [0.25, 0.3) is 17.0 Å². The van der Waals surface area contributed by atoms with E-state index in [1.165, 1.54) is 0 Å². The summed E-state index contributed by atoms with van der Waals surface area (Å²) in [7, 11) is 1.65. The second-order valence-electron chi connectivity index (χ2n) is 4.22. The van der Waals surface area contributed by atoms with Gasteiger partial charge in [-0.25, -0.2) is 0 Å². The summed E-state index contributed by atoms with van der Waals surface area (Å²) < 4.78 is 7.09. The van der Waals surface area contributed by atoms with Gasteiger partial charge in [-0.2, -0.15) is 0 Å². The molecular formula is C14H14N4O. The summed E-state index contributed by atoms with van der Waals surface area (Å²) in [5, 5.41) is 8.40. The SMILES string of the molecule is COc1ccc(-c2nnc3cc(CN)ccn23)cc1. The first-order valence-corrected chi connectivity index (χ1v) is 6.00. The Morgan fingerprint density at radius 2 is 1.95 bits per heavy atom. The third-order valence-corrected chi connectivity index (χ3v) is 3.06. The average Bonchev–Trinajstić information content (AvgIpc) is 2.90. The van der Waals surface area contributed by atoms with E-state index in [0.717, 1.165) is 28.3 Å². The quantitative estimate of drug-likeness (QED) is 0.774. The molecule has 0 unspecified atom stereocenters. The first-order valence-electron chi connectivity index (χ1n) is 6.00. The maximum atomic E-state index is 5.62. The smallest absolute Gasteiger partial charge is 0.168 e. The van der Waals surface area contributed by atoms with E-state index in [4.69, 9.17) is 10.5 Å². The van der Waals surface area contributed by atoms with E-state index < -0.39 is 0 Å². The molecule has 0 spiro atoms. The molecule has 0 amide bonds. The molecule has 0 aliphatic rings. The zero-order chi connectivity index (χ0) is 13.2. The van der Waals surface area contributed by atoms with Crippen molar-refractivity contribution in [1.82, 2.24) is 14.6 Å². The zero-order valence-electron chi connectivity index (χ0n) is 10.6. The lowest BCUT2D eigenvalue weighted by molar-refractivity contribution is 0.415. The van der Waals surface area contributed by atoms with Crippen molar-refractivity contribution in [2.24, 2.45) is 5.73 Å². The Morgan fingerprint density at radius 1 is 1.16 bits per heavy atom. The summed E-state index contributed by atoms with van der Waals surface area (Å²) in [6.07, 6.45) is 1.94. The van der Waals surface area contributed by atoms with Crippen LogP contribution in [0.5, 0.6) is 5.75 Å². The number of hydrogen-bond donors (Lipinski definition) is 1. The molecular weight excluding hydrogens is 240 g/mol. The van der Waals surface area contributed by atoms with E-state index in [1.807, 2.05) is 47.0 Å². The van der Waals surface area contributed by atoms with Gasteiger partial charge in [0.05, 0.1) is 7.11 Å². The highest BCUT2D eigenvalue weighted by molar-refractivity contribution is 5.60. The van der Waals surface area contributed by atoms with Crippen molar-refractivity contribution in [3.05, 3.63) is 48.2 Å². The van der Waals surface area contributed by atoms with Gasteiger partial charge in [-0.05, 0) is 42.0 Å². The molecule has 0 bridgehead atoms. The third-order valence-electron chi connectivity index (χ3n) is 3.06. The van der Waals surface area contributed by atoms with Crippen LogP contribution in [0, 0.1) is 0 Å². The molecule has 3 rings (SSSR count). The Kier molecular flexibility index (Phi) is 2.89. The molecule has 2 heterocycles. The Morgan fingerprint density at radius 3 is 2.63 bits per heavy atom. The molecule has 0 aliphatic carbocycles. The monoisotopic (exact) mass is 254 g/mol. The third kappa shape index (κ3) is 2.04. The summed E-state index contributed by atoms with van der Waals surface area (Å²) in [6, 6.07) is 11.7. The predicted molar refractivity (Wildman–Crippen MR) is 72.9 cm³/mol. The number of benzene rings is 1. The fourth-order valence-corrected chi connectivity index (χ4v) is 2.00. The van der Waals surface area contributed by atoms with Gasteiger partial charge < -0.3 is 10.5 Å². The van der Waals surface area contributed by atoms with Gasteiger partial charge in [0.15, 0.2) is 11.5 Å². The lowest BCUT2D eigenvalue weighted by atomic mass is 10.2. The Bertz CT molecular complexity index is 703. The van der Waals surface area contributed by atoms with Crippen LogP contribution in [0.15, 0.2) is 42.6 Å². The first-order chi connectivity index (χ1) is 9.31. The van der Waals surface area contributed by atoms with Gasteiger partial charge >= 0.3 is 0 Å². The number of nitrogens with two attached hydrogens (primary N) is 1. The molecule has 0 atom stereocenters. The minimum atomic E-state index is 0.501. The Labute approximate surface area is 110 Å². The minimum absolute atomic E-state index is 0.501. The maximum absolute atomic E-state index is 5.62. The minimum Gasteiger partial charge on any atom is -0.497 e. The number of pyridine rings is 1. The van der Waals surface area contributed by atoms with E-state index in [2.05, 4.69) is 10.2 Å². The molecule has 2 aromatic heterocycles. The van der Waals surface area contributed by atoms with Crippen molar-refractivity contribution >= 4 is 5.65 Å². The van der Waals surface area contributed by atoms with Gasteiger partial charge in [0, 0.05) is 18.3 Å². The molecule has 0 aliphatic heterocycles. The predicted octanol–water partition coefficient (Wildman–Crippen LogP) is 1.86. The van der Waals surface area contributed by atoms with Gasteiger partial charge in [-0.1, -0.05) is 0 Å². The summed E-state index contributed by atoms with van der Waals surface area (Å²) in [5.41, 5.74) is 8.46. The fraction of sp³-hybridized carbons (Fsp3) is 0.143. The normalized spacial score (nSPS) is 10.8. The van der Waals surface area contributed by atoms with Gasteiger partial charge in [0.1, 0.15) is 5.75 Å². The molecule has 0 saturated carbocycles. The highest BCUT2D eigenvalue weighted by atomic mass is 16.5. The van der Waals surface area contributed by atoms with Crippen molar-refractivity contribution in [2.75, 3.05) is 7.11 Å². The Hall–Kier alpha value is -2.40. The molecule has 0 fully saturated rings. The molecule has 1 aromatic carbocycles. The van der Waals surface area contributed by atoms with Crippen LogP contribution in [0.3, 0.4) is 0 Å². The average molecular weight is 254 g/mol. The van der Waals surface area contributed by atoms with Crippen LogP contribution in [0.1, 0.15) is 5.56 Å².